The standard InChI is InChI=1S/C13H18Cl2N2.ClH/c1-13(8-16)2-3-17(9-13)7-10-4-11(14)6-12(15)5-10;/h4-6H,2-3,7-9,16H2,1H3;1H. The van der Waals surface area contributed by atoms with Crippen molar-refractivity contribution in [3.05, 3.63) is 33.8 Å². The van der Waals surface area contributed by atoms with Crippen LogP contribution in [0.1, 0.15) is 18.9 Å². The Kier molecular flexibility index (Phi) is 5.75. The number of hydrogen-bond acceptors (Lipinski definition) is 2. The van der Waals surface area contributed by atoms with Crippen molar-refractivity contribution in [2.45, 2.75) is 19.9 Å². The molecule has 2 rings (SSSR count). The molecule has 0 aromatic heterocycles. The van der Waals surface area contributed by atoms with Crippen molar-refractivity contribution in [1.29, 1.82) is 0 Å². The molecule has 0 radical (unpaired) electrons. The van der Waals surface area contributed by atoms with Gasteiger partial charge in [0.1, 0.15) is 0 Å². The molecule has 0 saturated carbocycles. The third-order valence-corrected chi connectivity index (χ3v) is 3.89. The molecular weight excluding hydrogens is 291 g/mol. The third-order valence-electron chi connectivity index (χ3n) is 3.46. The van der Waals surface area contributed by atoms with Crippen molar-refractivity contribution in [3.8, 4) is 0 Å². The lowest BCUT2D eigenvalue weighted by Gasteiger charge is -2.22. The lowest BCUT2D eigenvalue weighted by Crippen LogP contribution is -2.31. The van der Waals surface area contributed by atoms with Gasteiger partial charge in [-0.3, -0.25) is 4.90 Å². The summed E-state index contributed by atoms with van der Waals surface area (Å²) in [6, 6.07) is 5.72. The summed E-state index contributed by atoms with van der Waals surface area (Å²) in [6.45, 7) is 6.04. The summed E-state index contributed by atoms with van der Waals surface area (Å²) in [7, 11) is 0. The number of nitrogens with zero attached hydrogens (tertiary/aromatic N) is 1. The highest BCUT2D eigenvalue weighted by Gasteiger charge is 2.32. The number of nitrogens with two attached hydrogens (primary N) is 1. The molecule has 0 spiro atoms. The molecule has 1 unspecified atom stereocenters. The molecule has 1 aromatic carbocycles. The van der Waals surface area contributed by atoms with Crippen LogP contribution < -0.4 is 5.73 Å². The van der Waals surface area contributed by atoms with Crippen LogP contribution in [-0.2, 0) is 6.54 Å². The number of likely N-dealkylation sites (tertiary alicyclic amines) is 1. The van der Waals surface area contributed by atoms with Crippen LogP contribution in [0.4, 0.5) is 0 Å². The van der Waals surface area contributed by atoms with Crippen LogP contribution in [0, 0.1) is 5.41 Å². The Hall–Kier alpha value is 0.01000. The van der Waals surface area contributed by atoms with Crippen molar-refractivity contribution < 1.29 is 0 Å². The summed E-state index contributed by atoms with van der Waals surface area (Å²) < 4.78 is 0. The highest BCUT2D eigenvalue weighted by molar-refractivity contribution is 6.34. The molecule has 1 atom stereocenters. The molecule has 0 aliphatic carbocycles. The van der Waals surface area contributed by atoms with Gasteiger partial charge in [-0.1, -0.05) is 30.1 Å². The number of hydrogen-bond donors (Lipinski definition) is 1. The lowest BCUT2D eigenvalue weighted by molar-refractivity contribution is 0.274. The molecule has 0 bridgehead atoms. The van der Waals surface area contributed by atoms with Crippen molar-refractivity contribution in [1.82, 2.24) is 4.90 Å². The average molecular weight is 310 g/mol. The summed E-state index contributed by atoms with van der Waals surface area (Å²) in [6.07, 6.45) is 1.16. The summed E-state index contributed by atoms with van der Waals surface area (Å²) in [4.78, 5) is 2.41. The van der Waals surface area contributed by atoms with E-state index in [0.717, 1.165) is 32.6 Å². The SMILES string of the molecule is CC1(CN)CCN(Cc2cc(Cl)cc(Cl)c2)C1.Cl. The fraction of sp³-hybridized carbons (Fsp3) is 0.538. The first-order chi connectivity index (χ1) is 8.00. The minimum atomic E-state index is 0. The van der Waals surface area contributed by atoms with Gasteiger partial charge in [0.15, 0.2) is 0 Å². The second-order valence-electron chi connectivity index (χ2n) is 5.25. The molecule has 1 aromatic rings. The fourth-order valence-corrected chi connectivity index (χ4v) is 2.96. The van der Waals surface area contributed by atoms with E-state index in [2.05, 4.69) is 11.8 Å². The third kappa shape index (κ3) is 4.01. The largest absolute Gasteiger partial charge is 0.330 e. The van der Waals surface area contributed by atoms with Crippen molar-refractivity contribution in [2.75, 3.05) is 19.6 Å². The number of benzene rings is 1. The summed E-state index contributed by atoms with van der Waals surface area (Å²) in [5.74, 6) is 0. The predicted molar refractivity (Wildman–Crippen MR) is 80.8 cm³/mol. The first kappa shape index (κ1) is 16.1. The van der Waals surface area contributed by atoms with Crippen LogP contribution >= 0.6 is 35.6 Å². The molecule has 1 saturated heterocycles. The van der Waals surface area contributed by atoms with E-state index in [4.69, 9.17) is 28.9 Å². The van der Waals surface area contributed by atoms with E-state index >= 15 is 0 Å². The van der Waals surface area contributed by atoms with Gasteiger partial charge in [-0.2, -0.15) is 0 Å². The first-order valence-corrected chi connectivity index (χ1v) is 6.64. The molecule has 1 aliphatic rings. The van der Waals surface area contributed by atoms with Crippen molar-refractivity contribution in [3.63, 3.8) is 0 Å². The Morgan fingerprint density at radius 3 is 2.39 bits per heavy atom. The zero-order valence-corrected chi connectivity index (χ0v) is 12.8. The normalized spacial score (nSPS) is 24.0. The van der Waals surface area contributed by atoms with Gasteiger partial charge < -0.3 is 5.73 Å². The molecular formula is C13H19Cl3N2. The minimum absolute atomic E-state index is 0. The van der Waals surface area contributed by atoms with E-state index in [1.165, 1.54) is 5.56 Å². The van der Waals surface area contributed by atoms with Crippen LogP contribution in [0.15, 0.2) is 18.2 Å². The zero-order chi connectivity index (χ0) is 12.5. The molecule has 102 valence electrons. The summed E-state index contributed by atoms with van der Waals surface area (Å²) in [5, 5.41) is 1.40. The van der Waals surface area contributed by atoms with Gasteiger partial charge in [0.2, 0.25) is 0 Å². The maximum absolute atomic E-state index is 6.00. The Morgan fingerprint density at radius 1 is 1.28 bits per heavy atom. The van der Waals surface area contributed by atoms with Crippen LogP contribution in [0.2, 0.25) is 10.0 Å². The first-order valence-electron chi connectivity index (χ1n) is 5.88. The number of halogens is 3. The van der Waals surface area contributed by atoms with Crippen LogP contribution in [0.3, 0.4) is 0 Å². The topological polar surface area (TPSA) is 29.3 Å². The Morgan fingerprint density at radius 2 is 1.89 bits per heavy atom. The molecule has 18 heavy (non-hydrogen) atoms. The van der Waals surface area contributed by atoms with Gasteiger partial charge in [0, 0.05) is 23.1 Å². The molecule has 2 nitrogen and oxygen atoms in total. The van der Waals surface area contributed by atoms with E-state index in [-0.39, 0.29) is 17.8 Å². The lowest BCUT2D eigenvalue weighted by atomic mass is 9.90. The molecule has 1 aliphatic heterocycles. The second kappa shape index (κ2) is 6.44. The maximum atomic E-state index is 6.00. The van der Waals surface area contributed by atoms with Crippen molar-refractivity contribution >= 4 is 35.6 Å². The second-order valence-corrected chi connectivity index (χ2v) is 6.13. The smallest absolute Gasteiger partial charge is 0.0424 e. The molecule has 1 heterocycles. The number of rotatable bonds is 3. The van der Waals surface area contributed by atoms with E-state index in [1.807, 2.05) is 12.1 Å². The van der Waals surface area contributed by atoms with Gasteiger partial charge in [-0.25, -0.2) is 0 Å². The maximum Gasteiger partial charge on any atom is 0.0424 e. The average Bonchev–Trinajstić information content (AvgIpc) is 2.59. The fourth-order valence-electron chi connectivity index (χ4n) is 2.39. The van der Waals surface area contributed by atoms with Gasteiger partial charge in [0.05, 0.1) is 0 Å². The van der Waals surface area contributed by atoms with Gasteiger partial charge in [0.25, 0.3) is 0 Å². The quantitative estimate of drug-likeness (QED) is 0.924. The summed E-state index contributed by atoms with van der Waals surface area (Å²) >= 11 is 12.0. The van der Waals surface area contributed by atoms with E-state index in [9.17, 15) is 0 Å². The Balaban J connectivity index is 0.00000162. The van der Waals surface area contributed by atoms with E-state index < -0.39 is 0 Å². The van der Waals surface area contributed by atoms with Gasteiger partial charge in [-0.05, 0) is 48.7 Å². The van der Waals surface area contributed by atoms with Gasteiger partial charge >= 0.3 is 0 Å². The molecule has 5 heteroatoms. The highest BCUT2D eigenvalue weighted by atomic mass is 35.5. The highest BCUT2D eigenvalue weighted by Crippen LogP contribution is 2.30. The van der Waals surface area contributed by atoms with Crippen LogP contribution in [0.5, 0.6) is 0 Å². The van der Waals surface area contributed by atoms with Crippen LogP contribution in [-0.4, -0.2) is 24.5 Å². The van der Waals surface area contributed by atoms with E-state index in [1.54, 1.807) is 6.07 Å². The van der Waals surface area contributed by atoms with Crippen molar-refractivity contribution in [2.24, 2.45) is 11.1 Å². The molecule has 0 amide bonds. The molecule has 2 N–H and O–H groups in total. The summed E-state index contributed by atoms with van der Waals surface area (Å²) in [5.41, 5.74) is 7.24. The van der Waals surface area contributed by atoms with Crippen LogP contribution in [0.25, 0.3) is 0 Å². The van der Waals surface area contributed by atoms with Gasteiger partial charge in [-0.15, -0.1) is 12.4 Å². The van der Waals surface area contributed by atoms with E-state index in [0.29, 0.717) is 10.0 Å². The minimum Gasteiger partial charge on any atom is -0.330 e. The monoisotopic (exact) mass is 308 g/mol. The Bertz CT molecular complexity index is 391. The predicted octanol–water partition coefficient (Wildman–Crippen LogP) is 3.59. The molecule has 1 fully saturated rings. The zero-order valence-electron chi connectivity index (χ0n) is 10.5. The Labute approximate surface area is 125 Å².